The Hall–Kier alpha value is -2.96. The number of amides is 1. The van der Waals surface area contributed by atoms with E-state index in [0.717, 1.165) is 43.1 Å². The van der Waals surface area contributed by atoms with Crippen molar-refractivity contribution in [3.8, 4) is 11.3 Å². The Morgan fingerprint density at radius 2 is 1.71 bits per heavy atom. The van der Waals surface area contributed by atoms with Crippen molar-refractivity contribution in [3.05, 3.63) is 71.4 Å². The second kappa shape index (κ2) is 8.37. The fraction of sp³-hybridized carbons (Fsp3) is 0.190. The first-order valence-corrected chi connectivity index (χ1v) is 9.53. The van der Waals surface area contributed by atoms with Crippen LogP contribution in [0.3, 0.4) is 0 Å². The summed E-state index contributed by atoms with van der Waals surface area (Å²) in [4.78, 5) is 23.2. The standard InChI is InChI=1S/C21H20ClN5O/c22-17-5-1-15(2-6-17)19-9-10-24-21(26-19)25-18-7-3-16(4-8-18)20(28)27-13-11-23-12-14-27/h1-10,23H,11-14H2,(H,24,25,26). The molecule has 4 rings (SSSR count). The molecule has 1 saturated heterocycles. The summed E-state index contributed by atoms with van der Waals surface area (Å²) in [6.07, 6.45) is 1.71. The number of nitrogens with one attached hydrogen (secondary N) is 2. The third-order valence-corrected chi connectivity index (χ3v) is 4.84. The largest absolute Gasteiger partial charge is 0.336 e. The topological polar surface area (TPSA) is 70.2 Å². The predicted octanol–water partition coefficient (Wildman–Crippen LogP) is 3.59. The maximum atomic E-state index is 12.5. The highest BCUT2D eigenvalue weighted by Gasteiger charge is 2.17. The van der Waals surface area contributed by atoms with E-state index in [1.165, 1.54) is 0 Å². The van der Waals surface area contributed by atoms with E-state index in [1.807, 2.05) is 59.5 Å². The summed E-state index contributed by atoms with van der Waals surface area (Å²) < 4.78 is 0. The number of piperazine rings is 1. The molecule has 2 aromatic carbocycles. The number of hydrogen-bond donors (Lipinski definition) is 2. The zero-order valence-corrected chi connectivity index (χ0v) is 16.0. The van der Waals surface area contributed by atoms with Gasteiger partial charge in [-0.2, -0.15) is 0 Å². The van der Waals surface area contributed by atoms with Crippen LogP contribution in [0.1, 0.15) is 10.4 Å². The Morgan fingerprint density at radius 3 is 2.43 bits per heavy atom. The van der Waals surface area contributed by atoms with Crippen molar-refractivity contribution in [1.82, 2.24) is 20.2 Å². The monoisotopic (exact) mass is 393 g/mol. The Bertz CT molecular complexity index is 953. The van der Waals surface area contributed by atoms with Crippen molar-refractivity contribution in [2.24, 2.45) is 0 Å². The minimum atomic E-state index is 0.0639. The molecule has 0 bridgehead atoms. The van der Waals surface area contributed by atoms with Crippen LogP contribution in [0.4, 0.5) is 11.6 Å². The summed E-state index contributed by atoms with van der Waals surface area (Å²) in [5.74, 6) is 0.558. The van der Waals surface area contributed by atoms with Crippen LogP contribution in [0, 0.1) is 0 Å². The fourth-order valence-electron chi connectivity index (χ4n) is 3.08. The third kappa shape index (κ3) is 4.30. The summed E-state index contributed by atoms with van der Waals surface area (Å²) in [7, 11) is 0. The highest BCUT2D eigenvalue weighted by molar-refractivity contribution is 6.30. The van der Waals surface area contributed by atoms with Crippen LogP contribution in [-0.4, -0.2) is 47.0 Å². The molecule has 28 heavy (non-hydrogen) atoms. The number of rotatable bonds is 4. The average Bonchev–Trinajstić information content (AvgIpc) is 2.75. The predicted molar refractivity (Wildman–Crippen MR) is 111 cm³/mol. The van der Waals surface area contributed by atoms with E-state index in [9.17, 15) is 4.79 Å². The number of aromatic nitrogens is 2. The van der Waals surface area contributed by atoms with Crippen molar-refractivity contribution in [2.75, 3.05) is 31.5 Å². The number of benzene rings is 2. The van der Waals surface area contributed by atoms with E-state index >= 15 is 0 Å². The van der Waals surface area contributed by atoms with Crippen molar-refractivity contribution in [1.29, 1.82) is 0 Å². The molecule has 1 amide bonds. The van der Waals surface area contributed by atoms with Crippen LogP contribution >= 0.6 is 11.6 Å². The molecule has 142 valence electrons. The Kier molecular flexibility index (Phi) is 5.50. The zero-order valence-electron chi connectivity index (χ0n) is 15.2. The van der Waals surface area contributed by atoms with E-state index in [1.54, 1.807) is 6.20 Å². The lowest BCUT2D eigenvalue weighted by Gasteiger charge is -2.27. The van der Waals surface area contributed by atoms with Crippen LogP contribution in [-0.2, 0) is 0 Å². The van der Waals surface area contributed by atoms with Crippen molar-refractivity contribution in [2.45, 2.75) is 0 Å². The van der Waals surface area contributed by atoms with Crippen molar-refractivity contribution < 1.29 is 4.79 Å². The quantitative estimate of drug-likeness (QED) is 0.709. The molecule has 0 atom stereocenters. The van der Waals surface area contributed by atoms with E-state index in [-0.39, 0.29) is 5.91 Å². The first-order valence-electron chi connectivity index (χ1n) is 9.15. The van der Waals surface area contributed by atoms with Gasteiger partial charge in [-0.3, -0.25) is 4.79 Å². The molecule has 3 aromatic rings. The first kappa shape index (κ1) is 18.4. The number of nitrogens with zero attached hydrogens (tertiary/aromatic N) is 3. The SMILES string of the molecule is O=C(c1ccc(Nc2nccc(-c3ccc(Cl)cc3)n2)cc1)N1CCNCC1. The molecular formula is C21H20ClN5O. The Morgan fingerprint density at radius 1 is 1.00 bits per heavy atom. The van der Waals surface area contributed by atoms with Gasteiger partial charge in [0.1, 0.15) is 0 Å². The highest BCUT2D eigenvalue weighted by atomic mass is 35.5. The molecule has 1 aliphatic heterocycles. The van der Waals surface area contributed by atoms with Crippen LogP contribution in [0.25, 0.3) is 11.3 Å². The van der Waals surface area contributed by atoms with Crippen LogP contribution in [0.15, 0.2) is 60.8 Å². The van der Waals surface area contributed by atoms with Gasteiger partial charge in [0.15, 0.2) is 0 Å². The zero-order chi connectivity index (χ0) is 19.3. The van der Waals surface area contributed by atoms with Crippen LogP contribution < -0.4 is 10.6 Å². The van der Waals surface area contributed by atoms with Gasteiger partial charge >= 0.3 is 0 Å². The Balaban J connectivity index is 1.46. The lowest BCUT2D eigenvalue weighted by Crippen LogP contribution is -2.46. The molecule has 0 aliphatic carbocycles. The highest BCUT2D eigenvalue weighted by Crippen LogP contribution is 2.21. The summed E-state index contributed by atoms with van der Waals surface area (Å²) in [5, 5.41) is 7.13. The van der Waals surface area contributed by atoms with Gasteiger partial charge in [-0.15, -0.1) is 0 Å². The van der Waals surface area contributed by atoms with Crippen molar-refractivity contribution >= 4 is 29.1 Å². The second-order valence-corrected chi connectivity index (χ2v) is 6.95. The summed E-state index contributed by atoms with van der Waals surface area (Å²) in [6.45, 7) is 3.16. The summed E-state index contributed by atoms with van der Waals surface area (Å²) in [6, 6.07) is 16.8. The third-order valence-electron chi connectivity index (χ3n) is 4.59. The molecule has 0 radical (unpaired) electrons. The molecule has 2 heterocycles. The second-order valence-electron chi connectivity index (χ2n) is 6.52. The molecule has 2 N–H and O–H groups in total. The minimum Gasteiger partial charge on any atom is -0.336 e. The first-order chi connectivity index (χ1) is 13.7. The van der Waals surface area contributed by atoms with E-state index in [0.29, 0.717) is 16.5 Å². The Labute approximate surface area is 168 Å². The summed E-state index contributed by atoms with van der Waals surface area (Å²) in [5.41, 5.74) is 3.28. The smallest absolute Gasteiger partial charge is 0.253 e. The number of hydrogen-bond acceptors (Lipinski definition) is 5. The molecule has 1 aromatic heterocycles. The van der Waals surface area contributed by atoms with Gasteiger partial charge in [-0.05, 0) is 42.5 Å². The van der Waals surface area contributed by atoms with E-state index < -0.39 is 0 Å². The van der Waals surface area contributed by atoms with Crippen LogP contribution in [0.5, 0.6) is 0 Å². The molecule has 1 aliphatic rings. The minimum absolute atomic E-state index is 0.0639. The normalized spacial score (nSPS) is 14.0. The molecule has 7 heteroatoms. The van der Waals surface area contributed by atoms with Gasteiger partial charge in [0.05, 0.1) is 5.69 Å². The van der Waals surface area contributed by atoms with Gasteiger partial charge in [-0.1, -0.05) is 23.7 Å². The number of carbonyl (C=O) groups is 1. The summed E-state index contributed by atoms with van der Waals surface area (Å²) >= 11 is 5.95. The molecule has 0 unspecified atom stereocenters. The average molecular weight is 394 g/mol. The number of anilines is 2. The van der Waals surface area contributed by atoms with Gasteiger partial charge in [-0.25, -0.2) is 9.97 Å². The molecule has 0 saturated carbocycles. The lowest BCUT2D eigenvalue weighted by molar-refractivity contribution is 0.0736. The molecule has 1 fully saturated rings. The van der Waals surface area contributed by atoms with Gasteiger partial charge in [0, 0.05) is 54.2 Å². The van der Waals surface area contributed by atoms with Crippen molar-refractivity contribution in [3.63, 3.8) is 0 Å². The molecular weight excluding hydrogens is 374 g/mol. The van der Waals surface area contributed by atoms with E-state index in [4.69, 9.17) is 11.6 Å². The maximum Gasteiger partial charge on any atom is 0.253 e. The van der Waals surface area contributed by atoms with Gasteiger partial charge < -0.3 is 15.5 Å². The lowest BCUT2D eigenvalue weighted by atomic mass is 10.1. The maximum absolute atomic E-state index is 12.5. The van der Waals surface area contributed by atoms with Crippen LogP contribution in [0.2, 0.25) is 5.02 Å². The van der Waals surface area contributed by atoms with Gasteiger partial charge in [0.2, 0.25) is 5.95 Å². The molecule has 6 nitrogen and oxygen atoms in total. The fourth-order valence-corrected chi connectivity index (χ4v) is 3.20. The van der Waals surface area contributed by atoms with Gasteiger partial charge in [0.25, 0.3) is 5.91 Å². The number of halogens is 1. The molecule has 0 spiro atoms. The number of carbonyl (C=O) groups excluding carboxylic acids is 1. The van der Waals surface area contributed by atoms with E-state index in [2.05, 4.69) is 20.6 Å².